The van der Waals surface area contributed by atoms with Crippen molar-refractivity contribution >= 4 is 5.69 Å². The van der Waals surface area contributed by atoms with Crippen LogP contribution in [0, 0.1) is 13.8 Å². The minimum absolute atomic E-state index is 0.0729. The van der Waals surface area contributed by atoms with Gasteiger partial charge >= 0.3 is 0 Å². The third-order valence-electron chi connectivity index (χ3n) is 2.08. The summed E-state index contributed by atoms with van der Waals surface area (Å²) in [6.45, 7) is 3.75. The topological polar surface area (TPSA) is 89.6 Å². The van der Waals surface area contributed by atoms with Gasteiger partial charge in [-0.1, -0.05) is 0 Å². The zero-order valence-corrected chi connectivity index (χ0v) is 8.48. The molecule has 2 aromatic heterocycles. The van der Waals surface area contributed by atoms with Crippen LogP contribution in [0.3, 0.4) is 0 Å². The molecule has 0 aliphatic rings. The Hall–Kier alpha value is -2.11. The predicted molar refractivity (Wildman–Crippen MR) is 55.9 cm³/mol. The summed E-state index contributed by atoms with van der Waals surface area (Å²) in [6.07, 6.45) is 1.31. The van der Waals surface area contributed by atoms with Crippen LogP contribution in [0.4, 0.5) is 5.69 Å². The molecule has 0 saturated heterocycles. The van der Waals surface area contributed by atoms with Gasteiger partial charge in [-0.15, -0.1) is 0 Å². The lowest BCUT2D eigenvalue weighted by Gasteiger charge is -2.04. The summed E-state index contributed by atoms with van der Waals surface area (Å²) in [5, 5.41) is 4.20. The Bertz CT molecular complexity index is 554. The van der Waals surface area contributed by atoms with Crippen molar-refractivity contribution in [2.24, 2.45) is 0 Å². The average Bonchev–Trinajstić information content (AvgIpc) is 2.50. The van der Waals surface area contributed by atoms with Gasteiger partial charge in [0.25, 0.3) is 5.56 Å². The van der Waals surface area contributed by atoms with Gasteiger partial charge in [-0.3, -0.25) is 4.79 Å². The van der Waals surface area contributed by atoms with E-state index in [4.69, 9.17) is 5.73 Å². The van der Waals surface area contributed by atoms with Gasteiger partial charge in [0, 0.05) is 5.69 Å². The highest BCUT2D eigenvalue weighted by molar-refractivity contribution is 5.50. The summed E-state index contributed by atoms with van der Waals surface area (Å²) in [7, 11) is 0. The second kappa shape index (κ2) is 3.23. The summed E-state index contributed by atoms with van der Waals surface area (Å²) in [6, 6.07) is 1.89. The fourth-order valence-electron chi connectivity index (χ4n) is 1.41. The molecule has 2 aromatic rings. The monoisotopic (exact) mass is 205 g/mol. The minimum atomic E-state index is -0.354. The first-order valence-corrected chi connectivity index (χ1v) is 4.46. The lowest BCUT2D eigenvalue weighted by atomic mass is 10.4. The van der Waals surface area contributed by atoms with E-state index in [2.05, 4.69) is 15.1 Å². The van der Waals surface area contributed by atoms with Crippen LogP contribution in [-0.4, -0.2) is 19.7 Å². The number of aromatic amines is 1. The maximum atomic E-state index is 11.3. The summed E-state index contributed by atoms with van der Waals surface area (Å²) < 4.78 is 1.56. The van der Waals surface area contributed by atoms with Crippen molar-refractivity contribution < 1.29 is 0 Å². The van der Waals surface area contributed by atoms with E-state index >= 15 is 0 Å². The zero-order chi connectivity index (χ0) is 11.0. The quantitative estimate of drug-likeness (QED) is 0.693. The largest absolute Gasteiger partial charge is 0.391 e. The summed E-state index contributed by atoms with van der Waals surface area (Å²) >= 11 is 0. The van der Waals surface area contributed by atoms with Crippen LogP contribution in [0.5, 0.6) is 0 Å². The van der Waals surface area contributed by atoms with Crippen molar-refractivity contribution in [2.45, 2.75) is 13.8 Å². The molecule has 0 aromatic carbocycles. The number of aryl methyl sites for hydroxylation is 2. The highest BCUT2D eigenvalue weighted by Gasteiger charge is 2.10. The second-order valence-electron chi connectivity index (χ2n) is 3.31. The van der Waals surface area contributed by atoms with E-state index in [0.717, 1.165) is 11.4 Å². The van der Waals surface area contributed by atoms with Gasteiger partial charge in [0.1, 0.15) is 5.69 Å². The Morgan fingerprint density at radius 2 is 2.20 bits per heavy atom. The molecule has 0 spiro atoms. The van der Waals surface area contributed by atoms with E-state index in [9.17, 15) is 4.79 Å². The number of H-pyrrole nitrogens is 1. The Morgan fingerprint density at radius 3 is 2.80 bits per heavy atom. The maximum absolute atomic E-state index is 11.3. The molecule has 0 fully saturated rings. The number of anilines is 1. The Kier molecular flexibility index (Phi) is 2.03. The number of nitrogen functional groups attached to an aromatic ring is 1. The van der Waals surface area contributed by atoms with Gasteiger partial charge < -0.3 is 10.7 Å². The van der Waals surface area contributed by atoms with Crippen LogP contribution in [0.25, 0.3) is 5.82 Å². The Balaban J connectivity index is 2.69. The van der Waals surface area contributed by atoms with Gasteiger partial charge in [0.2, 0.25) is 0 Å². The fourth-order valence-corrected chi connectivity index (χ4v) is 1.41. The molecule has 3 N–H and O–H groups in total. The molecule has 0 radical (unpaired) electrons. The molecule has 0 amide bonds. The molecule has 0 aliphatic heterocycles. The predicted octanol–water partition coefficient (Wildman–Crippen LogP) is 0.155. The normalized spacial score (nSPS) is 10.5. The second-order valence-corrected chi connectivity index (χ2v) is 3.31. The molecular weight excluding hydrogens is 194 g/mol. The molecule has 0 atom stereocenters. The smallest absolute Gasteiger partial charge is 0.276 e. The van der Waals surface area contributed by atoms with Crippen LogP contribution in [0.2, 0.25) is 0 Å². The van der Waals surface area contributed by atoms with Crippen molar-refractivity contribution in [1.29, 1.82) is 0 Å². The fraction of sp³-hybridized carbons (Fsp3) is 0.222. The van der Waals surface area contributed by atoms with Crippen molar-refractivity contribution in [3.63, 3.8) is 0 Å². The molecule has 0 saturated carbocycles. The highest BCUT2D eigenvalue weighted by Crippen LogP contribution is 2.11. The first-order chi connectivity index (χ1) is 7.09. The van der Waals surface area contributed by atoms with Crippen molar-refractivity contribution in [3.05, 3.63) is 34.1 Å². The number of hydrogen-bond donors (Lipinski definition) is 2. The SMILES string of the molecule is Cc1cc(C)n(-c2nc[nH]c(=O)c2N)n1. The van der Waals surface area contributed by atoms with Crippen LogP contribution in [0.15, 0.2) is 17.2 Å². The van der Waals surface area contributed by atoms with Crippen LogP contribution in [-0.2, 0) is 0 Å². The van der Waals surface area contributed by atoms with Crippen LogP contribution >= 0.6 is 0 Å². The van der Waals surface area contributed by atoms with E-state index in [1.54, 1.807) is 4.68 Å². The number of aromatic nitrogens is 4. The molecule has 2 rings (SSSR count). The minimum Gasteiger partial charge on any atom is -0.391 e. The molecule has 0 aliphatic carbocycles. The lowest BCUT2D eigenvalue weighted by molar-refractivity contribution is 0.801. The third kappa shape index (κ3) is 1.50. The van der Waals surface area contributed by atoms with Gasteiger partial charge in [-0.25, -0.2) is 9.67 Å². The number of nitrogens with one attached hydrogen (secondary N) is 1. The molecule has 15 heavy (non-hydrogen) atoms. The number of nitrogens with two attached hydrogens (primary N) is 1. The average molecular weight is 205 g/mol. The summed E-state index contributed by atoms with van der Waals surface area (Å²) in [5.74, 6) is 0.365. The van der Waals surface area contributed by atoms with Gasteiger partial charge in [0.05, 0.1) is 12.0 Å². The first kappa shape index (κ1) is 9.45. The molecule has 2 heterocycles. The molecule has 6 nitrogen and oxygen atoms in total. The molecule has 78 valence electrons. The molecule has 0 bridgehead atoms. The van der Waals surface area contributed by atoms with E-state index in [-0.39, 0.29) is 11.2 Å². The Labute approximate surface area is 85.8 Å². The van der Waals surface area contributed by atoms with Crippen molar-refractivity contribution in [2.75, 3.05) is 5.73 Å². The molecule has 0 unspecified atom stereocenters. The van der Waals surface area contributed by atoms with E-state index in [0.29, 0.717) is 5.82 Å². The van der Waals surface area contributed by atoms with E-state index in [1.807, 2.05) is 19.9 Å². The Morgan fingerprint density at radius 1 is 1.47 bits per heavy atom. The lowest BCUT2D eigenvalue weighted by Crippen LogP contribution is -2.17. The van der Waals surface area contributed by atoms with Gasteiger partial charge in [-0.05, 0) is 19.9 Å². The van der Waals surface area contributed by atoms with E-state index in [1.165, 1.54) is 6.33 Å². The number of hydrogen-bond acceptors (Lipinski definition) is 4. The van der Waals surface area contributed by atoms with E-state index < -0.39 is 0 Å². The number of rotatable bonds is 1. The third-order valence-corrected chi connectivity index (χ3v) is 2.08. The standard InChI is InChI=1S/C9H11N5O/c1-5-3-6(2)14(13-5)8-7(10)9(15)12-4-11-8/h3-4H,10H2,1-2H3,(H,11,12,15). The molecular formula is C9H11N5O. The van der Waals surface area contributed by atoms with Crippen LogP contribution in [0.1, 0.15) is 11.4 Å². The van der Waals surface area contributed by atoms with Gasteiger partial charge in [-0.2, -0.15) is 5.10 Å². The summed E-state index contributed by atoms with van der Waals surface area (Å²) in [4.78, 5) is 17.7. The highest BCUT2D eigenvalue weighted by atomic mass is 16.1. The summed E-state index contributed by atoms with van der Waals surface area (Å²) in [5.41, 5.74) is 7.09. The first-order valence-electron chi connectivity index (χ1n) is 4.46. The van der Waals surface area contributed by atoms with Gasteiger partial charge in [0.15, 0.2) is 5.82 Å². The van der Waals surface area contributed by atoms with Crippen molar-refractivity contribution in [1.82, 2.24) is 19.7 Å². The number of nitrogens with zero attached hydrogens (tertiary/aromatic N) is 3. The van der Waals surface area contributed by atoms with Crippen LogP contribution < -0.4 is 11.3 Å². The van der Waals surface area contributed by atoms with Crippen molar-refractivity contribution in [3.8, 4) is 5.82 Å². The zero-order valence-electron chi connectivity index (χ0n) is 8.48. The molecule has 6 heteroatoms. The maximum Gasteiger partial charge on any atom is 0.276 e.